The average molecular weight is 495 g/mol. The van der Waals surface area contributed by atoms with Crippen LogP contribution in [-0.4, -0.2) is 68.2 Å². The fraction of sp³-hybridized carbons (Fsp3) is 0.556. The maximum Gasteiger partial charge on any atom is 0.258 e. The maximum atomic E-state index is 13.5. The quantitative estimate of drug-likeness (QED) is 0.637. The largest absolute Gasteiger partial charge is 0.378 e. The molecule has 1 saturated carbocycles. The van der Waals surface area contributed by atoms with E-state index in [4.69, 9.17) is 14.5 Å². The Labute approximate surface area is 211 Å². The lowest BCUT2D eigenvalue weighted by atomic mass is 9.93. The number of carbonyl (C=O) groups is 1. The van der Waals surface area contributed by atoms with Gasteiger partial charge < -0.3 is 24.6 Å². The number of morpholine rings is 1. The third kappa shape index (κ3) is 5.01. The van der Waals surface area contributed by atoms with Crippen LogP contribution >= 0.6 is 11.8 Å². The molecule has 4 fully saturated rings. The Morgan fingerprint density at radius 1 is 0.971 bits per heavy atom. The summed E-state index contributed by atoms with van der Waals surface area (Å²) in [6, 6.07) is 12.1. The van der Waals surface area contributed by atoms with E-state index in [9.17, 15) is 4.79 Å². The summed E-state index contributed by atoms with van der Waals surface area (Å²) in [6.07, 6.45) is 5.18. The summed E-state index contributed by atoms with van der Waals surface area (Å²) in [4.78, 5) is 24.1. The second-order valence-electron chi connectivity index (χ2n) is 10.6. The number of piperidine rings is 1. The van der Waals surface area contributed by atoms with E-state index in [0.717, 1.165) is 56.5 Å². The van der Waals surface area contributed by atoms with Crippen LogP contribution in [0.15, 0.2) is 41.3 Å². The molecule has 2 aromatic rings. The first-order valence-electron chi connectivity index (χ1n) is 12.8. The minimum atomic E-state index is -0.104. The Morgan fingerprint density at radius 3 is 2.43 bits per heavy atom. The van der Waals surface area contributed by atoms with Gasteiger partial charge in [-0.15, -0.1) is 11.8 Å². The van der Waals surface area contributed by atoms with Gasteiger partial charge in [-0.25, -0.2) is 4.98 Å². The van der Waals surface area contributed by atoms with Crippen molar-refractivity contribution < 1.29 is 14.3 Å². The van der Waals surface area contributed by atoms with Gasteiger partial charge >= 0.3 is 0 Å². The first-order valence-corrected chi connectivity index (χ1v) is 13.6. The lowest BCUT2D eigenvalue weighted by Crippen LogP contribution is -2.43. The molecular weight excluding hydrogens is 460 g/mol. The molecule has 0 atom stereocenters. The normalized spacial score (nSPS) is 22.5. The molecule has 1 aromatic carbocycles. The summed E-state index contributed by atoms with van der Waals surface area (Å²) in [6.45, 7) is 8.84. The number of rotatable bonds is 6. The number of pyridine rings is 1. The lowest BCUT2D eigenvalue weighted by molar-refractivity contribution is -0.0000310. The number of anilines is 3. The van der Waals surface area contributed by atoms with E-state index >= 15 is 0 Å². The molecule has 35 heavy (non-hydrogen) atoms. The number of ether oxygens (including phenoxy) is 2. The molecule has 1 aliphatic carbocycles. The van der Waals surface area contributed by atoms with Crippen molar-refractivity contribution in [3.63, 3.8) is 0 Å². The van der Waals surface area contributed by atoms with Crippen molar-refractivity contribution in [2.75, 3.05) is 67.7 Å². The monoisotopic (exact) mass is 494 g/mol. The molecule has 3 saturated heterocycles. The van der Waals surface area contributed by atoms with Crippen molar-refractivity contribution in [2.45, 2.75) is 42.2 Å². The number of thioether (sulfide) groups is 1. The van der Waals surface area contributed by atoms with Crippen LogP contribution in [0.1, 0.15) is 43.0 Å². The summed E-state index contributed by atoms with van der Waals surface area (Å²) in [5, 5.41) is 3.07. The van der Waals surface area contributed by atoms with Crippen LogP contribution in [0.3, 0.4) is 0 Å². The first-order chi connectivity index (χ1) is 17.0. The topological polar surface area (TPSA) is 66.9 Å². The summed E-state index contributed by atoms with van der Waals surface area (Å²) >= 11 is 1.85. The fourth-order valence-electron chi connectivity index (χ4n) is 5.31. The van der Waals surface area contributed by atoms with E-state index in [0.29, 0.717) is 24.4 Å². The number of carbonyl (C=O) groups excluding carboxylic acids is 1. The van der Waals surface area contributed by atoms with Gasteiger partial charge in [0.25, 0.3) is 5.91 Å². The van der Waals surface area contributed by atoms with Gasteiger partial charge in [0.2, 0.25) is 0 Å². The van der Waals surface area contributed by atoms with E-state index in [1.165, 1.54) is 30.6 Å². The average Bonchev–Trinajstić information content (AvgIpc) is 3.63. The van der Waals surface area contributed by atoms with Crippen molar-refractivity contribution in [3.05, 3.63) is 42.0 Å². The van der Waals surface area contributed by atoms with Crippen LogP contribution < -0.4 is 15.1 Å². The van der Waals surface area contributed by atoms with Crippen molar-refractivity contribution in [1.82, 2.24) is 4.98 Å². The number of aromatic nitrogens is 1. The molecule has 4 heterocycles. The molecule has 7 nitrogen and oxygen atoms in total. The van der Waals surface area contributed by atoms with Gasteiger partial charge in [0.05, 0.1) is 42.4 Å². The van der Waals surface area contributed by atoms with E-state index in [-0.39, 0.29) is 10.7 Å². The lowest BCUT2D eigenvalue weighted by Gasteiger charge is -2.38. The summed E-state index contributed by atoms with van der Waals surface area (Å²) in [7, 11) is 0. The van der Waals surface area contributed by atoms with Gasteiger partial charge in [0.15, 0.2) is 0 Å². The number of hydrogen-bond acceptors (Lipinski definition) is 7. The van der Waals surface area contributed by atoms with Crippen molar-refractivity contribution in [3.8, 4) is 0 Å². The van der Waals surface area contributed by atoms with Crippen molar-refractivity contribution in [2.24, 2.45) is 5.41 Å². The SMILES string of the molecule is CC1(Sc2ccc(C(=O)Nc3cccc(N4CCOCC4)n3)c(N3CCC4(CC3)CC4)c2)COC1. The minimum Gasteiger partial charge on any atom is -0.378 e. The highest BCUT2D eigenvalue weighted by molar-refractivity contribution is 8.00. The smallest absolute Gasteiger partial charge is 0.258 e. The zero-order chi connectivity index (χ0) is 23.9. The highest BCUT2D eigenvalue weighted by Gasteiger charge is 2.44. The van der Waals surface area contributed by atoms with E-state index in [1.807, 2.05) is 36.0 Å². The van der Waals surface area contributed by atoms with Crippen LogP contribution in [0.25, 0.3) is 0 Å². The highest BCUT2D eigenvalue weighted by Crippen LogP contribution is 2.54. The Morgan fingerprint density at radius 2 is 1.74 bits per heavy atom. The molecule has 186 valence electrons. The molecule has 6 rings (SSSR count). The zero-order valence-electron chi connectivity index (χ0n) is 20.4. The number of hydrogen-bond donors (Lipinski definition) is 1. The Kier molecular flexibility index (Phi) is 6.15. The molecule has 1 spiro atoms. The van der Waals surface area contributed by atoms with Gasteiger partial charge in [-0.05, 0) is 68.4 Å². The second kappa shape index (κ2) is 9.30. The standard InChI is InChI=1S/C27H34N4O3S/c1-26(18-34-19-26)35-20-5-6-21(22(17-20)30-11-9-27(7-8-27)10-12-30)25(32)29-23-3-2-4-24(28-23)31-13-15-33-16-14-31/h2-6,17H,7-16,18-19H2,1H3,(H,28,29,32). The van der Waals surface area contributed by atoms with Crippen LogP contribution in [0.2, 0.25) is 0 Å². The molecule has 1 amide bonds. The third-order valence-electron chi connectivity index (χ3n) is 7.83. The fourth-order valence-corrected chi connectivity index (χ4v) is 6.47. The van der Waals surface area contributed by atoms with E-state index in [2.05, 4.69) is 34.2 Å². The summed E-state index contributed by atoms with van der Waals surface area (Å²) in [5.41, 5.74) is 2.34. The van der Waals surface area contributed by atoms with Gasteiger partial charge in [0, 0.05) is 31.1 Å². The van der Waals surface area contributed by atoms with Crippen LogP contribution in [0, 0.1) is 5.41 Å². The zero-order valence-corrected chi connectivity index (χ0v) is 21.2. The maximum absolute atomic E-state index is 13.5. The predicted molar refractivity (Wildman–Crippen MR) is 140 cm³/mol. The highest BCUT2D eigenvalue weighted by atomic mass is 32.2. The molecule has 4 aliphatic rings. The third-order valence-corrected chi connectivity index (χ3v) is 9.04. The van der Waals surface area contributed by atoms with Crippen LogP contribution in [0.4, 0.5) is 17.3 Å². The Hall–Kier alpha value is -2.29. The number of nitrogens with zero attached hydrogens (tertiary/aromatic N) is 3. The van der Waals surface area contributed by atoms with Crippen molar-refractivity contribution in [1.29, 1.82) is 0 Å². The molecule has 3 aliphatic heterocycles. The number of nitrogens with one attached hydrogen (secondary N) is 1. The molecule has 0 bridgehead atoms. The Balaban J connectivity index is 1.23. The van der Waals surface area contributed by atoms with E-state index in [1.54, 1.807) is 0 Å². The van der Waals surface area contributed by atoms with Crippen molar-refractivity contribution >= 4 is 35.0 Å². The molecule has 8 heteroatoms. The molecule has 0 unspecified atom stereocenters. The summed E-state index contributed by atoms with van der Waals surface area (Å²) < 4.78 is 11.0. The molecule has 0 radical (unpaired) electrons. The van der Waals surface area contributed by atoms with Gasteiger partial charge in [-0.3, -0.25) is 4.79 Å². The van der Waals surface area contributed by atoms with Gasteiger partial charge in [-0.1, -0.05) is 6.07 Å². The van der Waals surface area contributed by atoms with Gasteiger partial charge in [-0.2, -0.15) is 0 Å². The van der Waals surface area contributed by atoms with Crippen LogP contribution in [-0.2, 0) is 9.47 Å². The first kappa shape index (κ1) is 23.1. The molecule has 1 aromatic heterocycles. The van der Waals surface area contributed by atoms with Crippen LogP contribution in [0.5, 0.6) is 0 Å². The second-order valence-corrected chi connectivity index (χ2v) is 12.3. The Bertz CT molecular complexity index is 1090. The predicted octanol–water partition coefficient (Wildman–Crippen LogP) is 4.43. The minimum absolute atomic E-state index is 0.104. The molecule has 1 N–H and O–H groups in total. The number of benzene rings is 1. The molecular formula is C27H34N4O3S. The van der Waals surface area contributed by atoms with E-state index < -0.39 is 0 Å². The number of amides is 1. The summed E-state index contributed by atoms with van der Waals surface area (Å²) in [5.74, 6) is 1.35. The van der Waals surface area contributed by atoms with Gasteiger partial charge in [0.1, 0.15) is 11.6 Å².